The van der Waals surface area contributed by atoms with Crippen molar-refractivity contribution in [1.82, 2.24) is 19.8 Å². The first-order chi connectivity index (χ1) is 10.4. The van der Waals surface area contributed by atoms with Crippen LogP contribution in [0, 0.1) is 0 Å². The average Bonchev–Trinajstić information content (AvgIpc) is 2.89. The van der Waals surface area contributed by atoms with E-state index < -0.39 is 0 Å². The topological polar surface area (TPSA) is 67.2 Å². The second-order valence-electron chi connectivity index (χ2n) is 6.17. The molecule has 1 atom stereocenters. The van der Waals surface area contributed by atoms with E-state index in [1.807, 2.05) is 30.2 Å². The van der Waals surface area contributed by atoms with E-state index in [2.05, 4.69) is 17.2 Å². The molecule has 2 rings (SSSR count). The van der Waals surface area contributed by atoms with Crippen molar-refractivity contribution in [3.8, 4) is 0 Å². The summed E-state index contributed by atoms with van der Waals surface area (Å²) in [5, 5.41) is 2.85. The molecule has 0 fully saturated rings. The highest BCUT2D eigenvalue weighted by Gasteiger charge is 2.30. The molecule has 2 amide bonds. The fourth-order valence-corrected chi connectivity index (χ4v) is 2.75. The summed E-state index contributed by atoms with van der Waals surface area (Å²) in [4.78, 5) is 30.7. The first-order valence-corrected chi connectivity index (χ1v) is 8.11. The van der Waals surface area contributed by atoms with Crippen LogP contribution in [0.5, 0.6) is 0 Å². The molecule has 0 bridgehead atoms. The third-order valence-electron chi connectivity index (χ3n) is 3.95. The van der Waals surface area contributed by atoms with Crippen molar-refractivity contribution in [3.63, 3.8) is 0 Å². The number of nitrogens with one attached hydrogen (secondary N) is 1. The van der Waals surface area contributed by atoms with Gasteiger partial charge in [-0.1, -0.05) is 13.3 Å². The van der Waals surface area contributed by atoms with E-state index in [0.29, 0.717) is 25.2 Å². The van der Waals surface area contributed by atoms with Crippen LogP contribution in [0.2, 0.25) is 0 Å². The van der Waals surface area contributed by atoms with Crippen LogP contribution in [0.3, 0.4) is 0 Å². The standard InChI is InChI=1S/C16H26N4O2/c1-5-6-7-14(21)20-9-8-19-10-13(16(22)17-11(2)3)18-15(19)12(20)4/h10-12H,5-9H2,1-4H3,(H,17,22). The summed E-state index contributed by atoms with van der Waals surface area (Å²) < 4.78 is 1.99. The molecule has 1 aromatic rings. The minimum absolute atomic E-state index is 0.0794. The molecule has 1 N–H and O–H groups in total. The number of amides is 2. The number of carbonyl (C=O) groups is 2. The summed E-state index contributed by atoms with van der Waals surface area (Å²) in [5.41, 5.74) is 0.429. The number of imidazole rings is 1. The molecule has 22 heavy (non-hydrogen) atoms. The molecule has 0 saturated heterocycles. The molecule has 0 saturated carbocycles. The van der Waals surface area contributed by atoms with E-state index >= 15 is 0 Å². The summed E-state index contributed by atoms with van der Waals surface area (Å²) in [6.07, 6.45) is 4.31. The van der Waals surface area contributed by atoms with Crippen LogP contribution < -0.4 is 5.32 Å². The number of hydrogen-bond donors (Lipinski definition) is 1. The zero-order valence-electron chi connectivity index (χ0n) is 13.9. The minimum Gasteiger partial charge on any atom is -0.348 e. The van der Waals surface area contributed by atoms with Crippen LogP contribution in [-0.2, 0) is 11.3 Å². The highest BCUT2D eigenvalue weighted by molar-refractivity contribution is 5.92. The van der Waals surface area contributed by atoms with Gasteiger partial charge < -0.3 is 14.8 Å². The smallest absolute Gasteiger partial charge is 0.271 e. The van der Waals surface area contributed by atoms with Crippen molar-refractivity contribution in [2.24, 2.45) is 0 Å². The lowest BCUT2D eigenvalue weighted by Gasteiger charge is -2.33. The Bertz CT molecular complexity index is 550. The molecule has 0 aromatic carbocycles. The van der Waals surface area contributed by atoms with E-state index in [1.165, 1.54) is 0 Å². The summed E-state index contributed by atoms with van der Waals surface area (Å²) >= 11 is 0. The van der Waals surface area contributed by atoms with Crippen LogP contribution in [0.4, 0.5) is 0 Å². The van der Waals surface area contributed by atoms with Gasteiger partial charge in [0, 0.05) is 31.7 Å². The minimum atomic E-state index is -0.159. The normalized spacial score (nSPS) is 17.5. The van der Waals surface area contributed by atoms with Gasteiger partial charge in [0.2, 0.25) is 5.91 Å². The van der Waals surface area contributed by atoms with E-state index in [9.17, 15) is 9.59 Å². The number of hydrogen-bond acceptors (Lipinski definition) is 3. The number of unbranched alkanes of at least 4 members (excludes halogenated alkanes) is 1. The molecular weight excluding hydrogens is 280 g/mol. The van der Waals surface area contributed by atoms with E-state index in [-0.39, 0.29) is 23.9 Å². The Morgan fingerprint density at radius 3 is 2.77 bits per heavy atom. The first-order valence-electron chi connectivity index (χ1n) is 8.11. The van der Waals surface area contributed by atoms with Gasteiger partial charge in [-0.15, -0.1) is 0 Å². The Morgan fingerprint density at radius 1 is 1.41 bits per heavy atom. The maximum atomic E-state index is 12.3. The lowest BCUT2D eigenvalue weighted by molar-refractivity contribution is -0.134. The third-order valence-corrected chi connectivity index (χ3v) is 3.95. The van der Waals surface area contributed by atoms with Gasteiger partial charge in [0.05, 0.1) is 6.04 Å². The number of nitrogens with zero attached hydrogens (tertiary/aromatic N) is 3. The molecule has 2 heterocycles. The number of aromatic nitrogens is 2. The summed E-state index contributed by atoms with van der Waals surface area (Å²) in [5.74, 6) is 0.815. The van der Waals surface area contributed by atoms with Gasteiger partial charge in [-0.2, -0.15) is 0 Å². The molecule has 0 radical (unpaired) electrons. The second kappa shape index (κ2) is 6.94. The van der Waals surface area contributed by atoms with E-state index in [4.69, 9.17) is 0 Å². The Balaban J connectivity index is 2.13. The first kappa shape index (κ1) is 16.5. The Morgan fingerprint density at radius 2 is 2.14 bits per heavy atom. The predicted molar refractivity (Wildman–Crippen MR) is 84.5 cm³/mol. The Hall–Kier alpha value is -1.85. The molecule has 1 unspecified atom stereocenters. The van der Waals surface area contributed by atoms with E-state index in [1.54, 1.807) is 6.20 Å². The van der Waals surface area contributed by atoms with Crippen molar-refractivity contribution in [3.05, 3.63) is 17.7 Å². The van der Waals surface area contributed by atoms with Crippen LogP contribution >= 0.6 is 0 Å². The molecular formula is C16H26N4O2. The van der Waals surface area contributed by atoms with Gasteiger partial charge in [-0.25, -0.2) is 4.98 Å². The predicted octanol–water partition coefficient (Wildman–Crippen LogP) is 2.11. The van der Waals surface area contributed by atoms with Crippen molar-refractivity contribution < 1.29 is 9.59 Å². The van der Waals surface area contributed by atoms with Crippen molar-refractivity contribution in [2.45, 2.75) is 65.6 Å². The fraction of sp³-hybridized carbons (Fsp3) is 0.688. The van der Waals surface area contributed by atoms with Gasteiger partial charge in [0.15, 0.2) is 0 Å². The quantitative estimate of drug-likeness (QED) is 0.906. The molecule has 122 valence electrons. The number of fused-ring (bicyclic) bond motifs is 1. The lowest BCUT2D eigenvalue weighted by Crippen LogP contribution is -2.41. The van der Waals surface area contributed by atoms with Gasteiger partial charge >= 0.3 is 0 Å². The molecule has 1 aliphatic heterocycles. The molecule has 1 aromatic heterocycles. The zero-order chi connectivity index (χ0) is 16.3. The fourth-order valence-electron chi connectivity index (χ4n) is 2.75. The van der Waals surface area contributed by atoms with Crippen LogP contribution in [0.15, 0.2) is 6.20 Å². The second-order valence-corrected chi connectivity index (χ2v) is 6.17. The number of rotatable bonds is 5. The maximum Gasteiger partial charge on any atom is 0.271 e. The Kier molecular flexibility index (Phi) is 5.21. The molecule has 0 aliphatic carbocycles. The monoisotopic (exact) mass is 306 g/mol. The van der Waals surface area contributed by atoms with Crippen LogP contribution in [0.25, 0.3) is 0 Å². The zero-order valence-corrected chi connectivity index (χ0v) is 13.9. The van der Waals surface area contributed by atoms with E-state index in [0.717, 1.165) is 18.7 Å². The molecule has 6 heteroatoms. The highest BCUT2D eigenvalue weighted by atomic mass is 16.2. The van der Waals surface area contributed by atoms with Crippen molar-refractivity contribution in [2.75, 3.05) is 6.54 Å². The molecule has 6 nitrogen and oxygen atoms in total. The third kappa shape index (κ3) is 3.48. The molecule has 0 spiro atoms. The van der Waals surface area contributed by atoms with Crippen LogP contribution in [0.1, 0.15) is 69.3 Å². The Labute approximate surface area is 131 Å². The summed E-state index contributed by atoms with van der Waals surface area (Å²) in [7, 11) is 0. The number of carbonyl (C=O) groups excluding carboxylic acids is 2. The largest absolute Gasteiger partial charge is 0.348 e. The van der Waals surface area contributed by atoms with Crippen LogP contribution in [-0.4, -0.2) is 38.9 Å². The van der Waals surface area contributed by atoms with Gasteiger partial charge in [0.25, 0.3) is 5.91 Å². The highest BCUT2D eigenvalue weighted by Crippen LogP contribution is 2.25. The van der Waals surface area contributed by atoms with Gasteiger partial charge in [0.1, 0.15) is 11.5 Å². The lowest BCUT2D eigenvalue weighted by atomic mass is 10.1. The summed E-state index contributed by atoms with van der Waals surface area (Å²) in [6.45, 7) is 9.28. The van der Waals surface area contributed by atoms with Gasteiger partial charge in [-0.3, -0.25) is 9.59 Å². The SMILES string of the molecule is CCCCC(=O)N1CCn2cc(C(=O)NC(C)C)nc2C1C. The van der Waals surface area contributed by atoms with Gasteiger partial charge in [-0.05, 0) is 27.2 Å². The molecule has 1 aliphatic rings. The average molecular weight is 306 g/mol. The summed E-state index contributed by atoms with van der Waals surface area (Å²) in [6, 6.07) is -0.00511. The van der Waals surface area contributed by atoms with Crippen molar-refractivity contribution in [1.29, 1.82) is 0 Å². The van der Waals surface area contributed by atoms with Crippen molar-refractivity contribution >= 4 is 11.8 Å². The maximum absolute atomic E-state index is 12.3.